The normalized spacial score (nSPS) is 16.5. The standard InChI is InChI=1S/C15H22N2O/c1-13-4-2-3-5-14(13)8-11-17(12-18)15-6-9-16-10-7-15/h2-5,12,15-16H,6-11H2,1H3. The third-order valence-corrected chi connectivity index (χ3v) is 3.81. The Labute approximate surface area is 109 Å². The van der Waals surface area contributed by atoms with Crippen molar-refractivity contribution in [1.82, 2.24) is 10.2 Å². The molecule has 1 saturated heterocycles. The van der Waals surface area contributed by atoms with Crippen LogP contribution in [0.1, 0.15) is 24.0 Å². The average molecular weight is 246 g/mol. The van der Waals surface area contributed by atoms with Gasteiger partial charge in [-0.05, 0) is 50.4 Å². The second-order valence-corrected chi connectivity index (χ2v) is 5.00. The van der Waals surface area contributed by atoms with Gasteiger partial charge in [-0.3, -0.25) is 4.79 Å². The van der Waals surface area contributed by atoms with E-state index in [1.807, 2.05) is 4.90 Å². The fraction of sp³-hybridized carbons (Fsp3) is 0.533. The maximum absolute atomic E-state index is 11.2. The van der Waals surface area contributed by atoms with Crippen molar-refractivity contribution in [3.63, 3.8) is 0 Å². The minimum absolute atomic E-state index is 0.424. The first-order chi connectivity index (χ1) is 8.81. The van der Waals surface area contributed by atoms with Crippen LogP contribution in [-0.4, -0.2) is 37.0 Å². The molecule has 1 aromatic rings. The summed E-state index contributed by atoms with van der Waals surface area (Å²) in [4.78, 5) is 13.2. The largest absolute Gasteiger partial charge is 0.342 e. The first kappa shape index (κ1) is 13.1. The number of aryl methyl sites for hydroxylation is 1. The molecule has 1 N–H and O–H groups in total. The number of hydrogen-bond donors (Lipinski definition) is 1. The van der Waals surface area contributed by atoms with Crippen LogP contribution in [0.5, 0.6) is 0 Å². The number of rotatable bonds is 5. The molecule has 0 unspecified atom stereocenters. The Morgan fingerprint density at radius 1 is 1.33 bits per heavy atom. The molecule has 0 aromatic heterocycles. The fourth-order valence-corrected chi connectivity index (χ4v) is 2.60. The lowest BCUT2D eigenvalue weighted by atomic mass is 10.0. The molecule has 3 heteroatoms. The van der Waals surface area contributed by atoms with E-state index in [2.05, 4.69) is 36.5 Å². The number of nitrogens with zero attached hydrogens (tertiary/aromatic N) is 1. The molecular weight excluding hydrogens is 224 g/mol. The van der Waals surface area contributed by atoms with Crippen molar-refractivity contribution in [3.05, 3.63) is 35.4 Å². The van der Waals surface area contributed by atoms with Crippen LogP contribution in [0, 0.1) is 6.92 Å². The van der Waals surface area contributed by atoms with E-state index in [0.717, 1.165) is 45.3 Å². The Morgan fingerprint density at radius 3 is 2.72 bits per heavy atom. The first-order valence-electron chi connectivity index (χ1n) is 6.77. The molecule has 0 atom stereocenters. The molecule has 0 spiro atoms. The smallest absolute Gasteiger partial charge is 0.209 e. The maximum atomic E-state index is 11.2. The molecule has 0 bridgehead atoms. The average Bonchev–Trinajstić information content (AvgIpc) is 2.42. The summed E-state index contributed by atoms with van der Waals surface area (Å²) >= 11 is 0. The highest BCUT2D eigenvalue weighted by Crippen LogP contribution is 2.13. The SMILES string of the molecule is Cc1ccccc1CCN(C=O)C1CCNCC1. The molecule has 1 aliphatic heterocycles. The highest BCUT2D eigenvalue weighted by molar-refractivity contribution is 5.48. The summed E-state index contributed by atoms with van der Waals surface area (Å²) in [5.74, 6) is 0. The number of piperidine rings is 1. The monoisotopic (exact) mass is 246 g/mol. The van der Waals surface area contributed by atoms with Crippen LogP contribution in [0.4, 0.5) is 0 Å². The van der Waals surface area contributed by atoms with Crippen molar-refractivity contribution in [2.45, 2.75) is 32.2 Å². The summed E-state index contributed by atoms with van der Waals surface area (Å²) in [5, 5.41) is 3.33. The molecule has 1 aliphatic rings. The molecule has 1 fully saturated rings. The number of amides is 1. The molecule has 98 valence electrons. The van der Waals surface area contributed by atoms with E-state index < -0.39 is 0 Å². The van der Waals surface area contributed by atoms with Crippen LogP contribution in [0.15, 0.2) is 24.3 Å². The van der Waals surface area contributed by atoms with Crippen LogP contribution < -0.4 is 5.32 Å². The third kappa shape index (κ3) is 3.33. The number of benzene rings is 1. The lowest BCUT2D eigenvalue weighted by molar-refractivity contribution is -0.120. The van der Waals surface area contributed by atoms with Crippen molar-refractivity contribution in [1.29, 1.82) is 0 Å². The topological polar surface area (TPSA) is 32.3 Å². The van der Waals surface area contributed by atoms with Gasteiger partial charge in [-0.15, -0.1) is 0 Å². The molecule has 18 heavy (non-hydrogen) atoms. The Hall–Kier alpha value is -1.35. The minimum Gasteiger partial charge on any atom is -0.342 e. The van der Waals surface area contributed by atoms with Gasteiger partial charge >= 0.3 is 0 Å². The third-order valence-electron chi connectivity index (χ3n) is 3.81. The quantitative estimate of drug-likeness (QED) is 0.803. The first-order valence-corrected chi connectivity index (χ1v) is 6.77. The second-order valence-electron chi connectivity index (χ2n) is 5.00. The molecular formula is C15H22N2O. The Kier molecular flexibility index (Phi) is 4.76. The predicted molar refractivity (Wildman–Crippen MR) is 73.5 cm³/mol. The van der Waals surface area contributed by atoms with Gasteiger partial charge in [0.25, 0.3) is 0 Å². The lowest BCUT2D eigenvalue weighted by Crippen LogP contribution is -2.43. The predicted octanol–water partition coefficient (Wildman–Crippen LogP) is 1.75. The summed E-state index contributed by atoms with van der Waals surface area (Å²) in [6, 6.07) is 8.83. The molecule has 1 heterocycles. The maximum Gasteiger partial charge on any atom is 0.209 e. The van der Waals surface area contributed by atoms with Crippen molar-refractivity contribution in [3.8, 4) is 0 Å². The van der Waals surface area contributed by atoms with Gasteiger partial charge in [0, 0.05) is 12.6 Å². The highest BCUT2D eigenvalue weighted by Gasteiger charge is 2.19. The molecule has 1 amide bonds. The van der Waals surface area contributed by atoms with Gasteiger partial charge in [-0.2, -0.15) is 0 Å². The fourth-order valence-electron chi connectivity index (χ4n) is 2.60. The van der Waals surface area contributed by atoms with Crippen LogP contribution in [0.25, 0.3) is 0 Å². The summed E-state index contributed by atoms with van der Waals surface area (Å²) in [6.45, 7) is 5.02. The van der Waals surface area contributed by atoms with Gasteiger partial charge in [0.1, 0.15) is 0 Å². The zero-order valence-corrected chi connectivity index (χ0v) is 11.1. The molecule has 3 nitrogen and oxygen atoms in total. The van der Waals surface area contributed by atoms with Gasteiger partial charge in [-0.25, -0.2) is 0 Å². The molecule has 0 saturated carbocycles. The Balaban J connectivity index is 1.90. The lowest BCUT2D eigenvalue weighted by Gasteiger charge is -2.32. The molecule has 0 aliphatic carbocycles. The zero-order valence-electron chi connectivity index (χ0n) is 11.1. The van der Waals surface area contributed by atoms with Gasteiger partial charge in [-0.1, -0.05) is 24.3 Å². The van der Waals surface area contributed by atoms with Crippen molar-refractivity contribution < 1.29 is 4.79 Å². The molecule has 0 radical (unpaired) electrons. The highest BCUT2D eigenvalue weighted by atomic mass is 16.1. The van der Waals surface area contributed by atoms with E-state index in [0.29, 0.717) is 6.04 Å². The Morgan fingerprint density at radius 2 is 2.06 bits per heavy atom. The minimum atomic E-state index is 0.424. The zero-order chi connectivity index (χ0) is 12.8. The van der Waals surface area contributed by atoms with Gasteiger partial charge < -0.3 is 10.2 Å². The van der Waals surface area contributed by atoms with E-state index >= 15 is 0 Å². The number of carbonyl (C=O) groups is 1. The molecule has 1 aromatic carbocycles. The summed E-state index contributed by atoms with van der Waals surface area (Å²) in [6.07, 6.45) is 4.13. The van der Waals surface area contributed by atoms with Gasteiger partial charge in [0.05, 0.1) is 0 Å². The van der Waals surface area contributed by atoms with Gasteiger partial charge in [0.15, 0.2) is 0 Å². The number of nitrogens with one attached hydrogen (secondary N) is 1. The summed E-state index contributed by atoms with van der Waals surface area (Å²) < 4.78 is 0. The van der Waals surface area contributed by atoms with Gasteiger partial charge in [0.2, 0.25) is 6.41 Å². The van der Waals surface area contributed by atoms with Crippen molar-refractivity contribution in [2.75, 3.05) is 19.6 Å². The number of carbonyl (C=O) groups excluding carboxylic acids is 1. The Bertz CT molecular complexity index is 386. The van der Waals surface area contributed by atoms with E-state index in [1.165, 1.54) is 11.1 Å². The number of hydrogen-bond acceptors (Lipinski definition) is 2. The van der Waals surface area contributed by atoms with E-state index in [4.69, 9.17) is 0 Å². The van der Waals surface area contributed by atoms with E-state index in [9.17, 15) is 4.79 Å². The molecule has 2 rings (SSSR count). The summed E-state index contributed by atoms with van der Waals surface area (Å²) in [5.41, 5.74) is 2.66. The van der Waals surface area contributed by atoms with Crippen LogP contribution in [0.3, 0.4) is 0 Å². The summed E-state index contributed by atoms with van der Waals surface area (Å²) in [7, 11) is 0. The van der Waals surface area contributed by atoms with Crippen LogP contribution in [-0.2, 0) is 11.2 Å². The van der Waals surface area contributed by atoms with Crippen molar-refractivity contribution in [2.24, 2.45) is 0 Å². The van der Waals surface area contributed by atoms with Crippen LogP contribution >= 0.6 is 0 Å². The van der Waals surface area contributed by atoms with E-state index in [1.54, 1.807) is 0 Å². The van der Waals surface area contributed by atoms with E-state index in [-0.39, 0.29) is 0 Å². The van der Waals surface area contributed by atoms with Crippen LogP contribution in [0.2, 0.25) is 0 Å². The second kappa shape index (κ2) is 6.55. The van der Waals surface area contributed by atoms with Crippen molar-refractivity contribution >= 4 is 6.41 Å².